The number of aromatic nitrogens is 1. The van der Waals surface area contributed by atoms with E-state index in [2.05, 4.69) is 4.98 Å². The van der Waals surface area contributed by atoms with E-state index in [-0.39, 0.29) is 5.56 Å². The lowest BCUT2D eigenvalue weighted by atomic mass is 10.2. The van der Waals surface area contributed by atoms with E-state index in [0.29, 0.717) is 9.45 Å². The SMILES string of the molecule is COc1cc(CO)c(C(F)F)nc1I. The van der Waals surface area contributed by atoms with Crippen LogP contribution in [0.4, 0.5) is 8.78 Å². The minimum atomic E-state index is -2.68. The first-order chi connectivity index (χ1) is 6.60. The van der Waals surface area contributed by atoms with E-state index in [9.17, 15) is 8.78 Å². The molecule has 0 unspecified atom stereocenters. The molecule has 0 aliphatic carbocycles. The number of pyridine rings is 1. The Kier molecular flexibility index (Phi) is 3.99. The van der Waals surface area contributed by atoms with Gasteiger partial charge in [-0.15, -0.1) is 0 Å². The monoisotopic (exact) mass is 315 g/mol. The van der Waals surface area contributed by atoms with Gasteiger partial charge in [0.15, 0.2) is 5.75 Å². The van der Waals surface area contributed by atoms with Crippen molar-refractivity contribution in [2.45, 2.75) is 13.0 Å². The number of nitrogens with zero attached hydrogens (tertiary/aromatic N) is 1. The molecule has 3 nitrogen and oxygen atoms in total. The molecule has 1 aromatic rings. The molecule has 1 aromatic heterocycles. The Morgan fingerprint density at radius 3 is 2.71 bits per heavy atom. The van der Waals surface area contributed by atoms with Crippen LogP contribution in [0.5, 0.6) is 5.75 Å². The van der Waals surface area contributed by atoms with Gasteiger partial charge in [-0.3, -0.25) is 0 Å². The van der Waals surface area contributed by atoms with E-state index in [4.69, 9.17) is 9.84 Å². The van der Waals surface area contributed by atoms with E-state index < -0.39 is 18.7 Å². The Hall–Kier alpha value is -0.500. The second kappa shape index (κ2) is 4.83. The molecule has 0 radical (unpaired) electrons. The van der Waals surface area contributed by atoms with Crippen molar-refractivity contribution in [3.05, 3.63) is 21.0 Å². The maximum atomic E-state index is 12.4. The van der Waals surface area contributed by atoms with E-state index in [1.165, 1.54) is 13.2 Å². The summed E-state index contributed by atoms with van der Waals surface area (Å²) in [6, 6.07) is 1.37. The summed E-state index contributed by atoms with van der Waals surface area (Å²) in [5.74, 6) is 0.388. The molecule has 1 N–H and O–H groups in total. The largest absolute Gasteiger partial charge is 0.494 e. The van der Waals surface area contributed by atoms with Gasteiger partial charge in [0, 0.05) is 5.56 Å². The summed E-state index contributed by atoms with van der Waals surface area (Å²) in [6.45, 7) is -0.472. The molecule has 0 saturated heterocycles. The molecule has 0 aromatic carbocycles. The Bertz CT molecular complexity index is 333. The van der Waals surface area contributed by atoms with Crippen molar-refractivity contribution in [1.29, 1.82) is 0 Å². The van der Waals surface area contributed by atoms with Gasteiger partial charge in [-0.25, -0.2) is 13.8 Å². The molecule has 0 bridgehead atoms. The first-order valence-corrected chi connectivity index (χ1v) is 4.80. The van der Waals surface area contributed by atoms with Crippen molar-refractivity contribution in [2.24, 2.45) is 0 Å². The number of hydrogen-bond acceptors (Lipinski definition) is 3. The highest BCUT2D eigenvalue weighted by atomic mass is 127. The third kappa shape index (κ3) is 2.30. The molecule has 14 heavy (non-hydrogen) atoms. The molecule has 1 rings (SSSR count). The van der Waals surface area contributed by atoms with Crippen LogP contribution in [-0.4, -0.2) is 17.2 Å². The Morgan fingerprint density at radius 2 is 2.29 bits per heavy atom. The lowest BCUT2D eigenvalue weighted by Gasteiger charge is -2.09. The van der Waals surface area contributed by atoms with Gasteiger partial charge >= 0.3 is 0 Å². The van der Waals surface area contributed by atoms with Gasteiger partial charge in [-0.2, -0.15) is 0 Å². The van der Waals surface area contributed by atoms with Gasteiger partial charge in [0.05, 0.1) is 13.7 Å². The average Bonchev–Trinajstić information content (AvgIpc) is 2.17. The van der Waals surface area contributed by atoms with Gasteiger partial charge in [0.25, 0.3) is 6.43 Å². The van der Waals surface area contributed by atoms with Crippen LogP contribution >= 0.6 is 22.6 Å². The topological polar surface area (TPSA) is 42.4 Å². The number of rotatable bonds is 3. The van der Waals surface area contributed by atoms with E-state index in [1.54, 1.807) is 22.6 Å². The standard InChI is InChI=1S/C8H8F2INO2/c1-14-5-2-4(3-13)6(7(9)10)12-8(5)11/h2,7,13H,3H2,1H3. The minimum Gasteiger partial charge on any atom is -0.494 e. The van der Waals surface area contributed by atoms with E-state index in [1.807, 2.05) is 0 Å². The summed E-state index contributed by atoms with van der Waals surface area (Å²) >= 11 is 1.80. The molecule has 1 heterocycles. The lowest BCUT2D eigenvalue weighted by Crippen LogP contribution is -2.02. The van der Waals surface area contributed by atoms with Crippen molar-refractivity contribution in [1.82, 2.24) is 4.98 Å². The minimum absolute atomic E-state index is 0.0947. The van der Waals surface area contributed by atoms with E-state index >= 15 is 0 Å². The Balaban J connectivity index is 3.24. The molecule has 0 atom stereocenters. The fraction of sp³-hybridized carbons (Fsp3) is 0.375. The maximum absolute atomic E-state index is 12.4. The zero-order valence-corrected chi connectivity index (χ0v) is 9.46. The van der Waals surface area contributed by atoms with Crippen molar-refractivity contribution in [3.8, 4) is 5.75 Å². The number of ether oxygens (including phenoxy) is 1. The molecular formula is C8H8F2INO2. The summed E-state index contributed by atoms with van der Waals surface area (Å²) in [6.07, 6.45) is -2.68. The van der Waals surface area contributed by atoms with Crippen LogP contribution in [0.15, 0.2) is 6.07 Å². The molecular weight excluding hydrogens is 307 g/mol. The summed E-state index contributed by atoms with van der Waals surface area (Å²) in [5.41, 5.74) is -0.296. The smallest absolute Gasteiger partial charge is 0.280 e. The van der Waals surface area contributed by atoms with Crippen LogP contribution < -0.4 is 4.74 Å². The summed E-state index contributed by atoms with van der Waals surface area (Å²) in [5, 5.41) is 8.85. The number of halogens is 3. The zero-order valence-electron chi connectivity index (χ0n) is 7.30. The molecule has 0 amide bonds. The molecule has 6 heteroatoms. The molecule has 78 valence electrons. The molecule has 0 aliphatic heterocycles. The highest BCUT2D eigenvalue weighted by Crippen LogP contribution is 2.27. The molecule has 0 spiro atoms. The second-order valence-corrected chi connectivity index (χ2v) is 3.51. The predicted molar refractivity (Wildman–Crippen MR) is 54.4 cm³/mol. The van der Waals surface area contributed by atoms with Crippen molar-refractivity contribution in [3.63, 3.8) is 0 Å². The van der Waals surface area contributed by atoms with Gasteiger partial charge in [-0.1, -0.05) is 0 Å². The van der Waals surface area contributed by atoms with Crippen LogP contribution in [0.25, 0.3) is 0 Å². The number of aliphatic hydroxyl groups excluding tert-OH is 1. The second-order valence-electron chi connectivity index (χ2n) is 2.48. The van der Waals surface area contributed by atoms with Gasteiger partial charge in [0.2, 0.25) is 0 Å². The van der Waals surface area contributed by atoms with Crippen LogP contribution in [0.3, 0.4) is 0 Å². The predicted octanol–water partition coefficient (Wildman–Crippen LogP) is 2.12. The van der Waals surface area contributed by atoms with Crippen molar-refractivity contribution in [2.75, 3.05) is 7.11 Å². The number of hydrogen-bond donors (Lipinski definition) is 1. The lowest BCUT2D eigenvalue weighted by molar-refractivity contribution is 0.141. The fourth-order valence-corrected chi connectivity index (χ4v) is 1.62. The average molecular weight is 315 g/mol. The Morgan fingerprint density at radius 1 is 1.64 bits per heavy atom. The third-order valence-electron chi connectivity index (χ3n) is 1.65. The van der Waals surface area contributed by atoms with Gasteiger partial charge < -0.3 is 9.84 Å². The van der Waals surface area contributed by atoms with Crippen LogP contribution in [0, 0.1) is 3.70 Å². The van der Waals surface area contributed by atoms with Crippen LogP contribution in [0.2, 0.25) is 0 Å². The first kappa shape index (κ1) is 11.6. The van der Waals surface area contributed by atoms with E-state index in [0.717, 1.165) is 0 Å². The molecule has 0 saturated carbocycles. The van der Waals surface area contributed by atoms with Gasteiger partial charge in [0.1, 0.15) is 9.39 Å². The fourth-order valence-electron chi connectivity index (χ4n) is 0.983. The van der Waals surface area contributed by atoms with Crippen molar-refractivity contribution < 1.29 is 18.6 Å². The number of aliphatic hydroxyl groups is 1. The zero-order chi connectivity index (χ0) is 10.7. The summed E-state index contributed by atoms with van der Waals surface area (Å²) in [4.78, 5) is 3.67. The third-order valence-corrected chi connectivity index (χ3v) is 2.43. The number of alkyl halides is 2. The number of methoxy groups -OCH3 is 1. The maximum Gasteiger partial charge on any atom is 0.280 e. The van der Waals surface area contributed by atoms with Crippen LogP contribution in [0.1, 0.15) is 17.7 Å². The van der Waals surface area contributed by atoms with Crippen LogP contribution in [-0.2, 0) is 6.61 Å². The normalized spacial score (nSPS) is 10.7. The highest BCUT2D eigenvalue weighted by molar-refractivity contribution is 14.1. The highest BCUT2D eigenvalue weighted by Gasteiger charge is 2.17. The van der Waals surface area contributed by atoms with Gasteiger partial charge in [-0.05, 0) is 28.7 Å². The molecule has 0 aliphatic rings. The Labute approximate surface area is 93.2 Å². The summed E-state index contributed by atoms with van der Waals surface area (Å²) < 4.78 is 30.1. The summed E-state index contributed by atoms with van der Waals surface area (Å²) in [7, 11) is 1.42. The first-order valence-electron chi connectivity index (χ1n) is 3.72. The quantitative estimate of drug-likeness (QED) is 0.686. The molecule has 0 fully saturated rings. The van der Waals surface area contributed by atoms with Crippen molar-refractivity contribution >= 4 is 22.6 Å².